The van der Waals surface area contributed by atoms with Gasteiger partial charge in [0.1, 0.15) is 18.0 Å². The molecule has 1 aliphatic rings. The van der Waals surface area contributed by atoms with Crippen LogP contribution < -0.4 is 4.74 Å². The van der Waals surface area contributed by atoms with Gasteiger partial charge in [0.05, 0.1) is 7.11 Å². The van der Waals surface area contributed by atoms with E-state index in [1.165, 1.54) is 0 Å². The van der Waals surface area contributed by atoms with Crippen molar-refractivity contribution in [3.8, 4) is 5.75 Å². The first kappa shape index (κ1) is 13.4. The van der Waals surface area contributed by atoms with Crippen LogP contribution in [0.2, 0.25) is 5.02 Å². The fraction of sp³-hybridized carbons (Fsp3) is 0.250. The normalized spacial score (nSPS) is 21.9. The Hall–Kier alpha value is -1.55. The second-order valence-electron chi connectivity index (χ2n) is 4.73. The topological polar surface area (TPSA) is 27.7 Å². The molecule has 2 aromatic carbocycles. The van der Waals surface area contributed by atoms with Gasteiger partial charge in [0.2, 0.25) is 0 Å². The van der Waals surface area contributed by atoms with Crippen LogP contribution in [0.5, 0.6) is 5.75 Å². The molecule has 2 unspecified atom stereocenters. The van der Waals surface area contributed by atoms with Gasteiger partial charge in [-0.3, -0.25) is 0 Å². The van der Waals surface area contributed by atoms with E-state index >= 15 is 0 Å². The molecule has 0 amide bonds. The van der Waals surface area contributed by atoms with Gasteiger partial charge in [0.15, 0.2) is 0 Å². The number of benzene rings is 2. The molecule has 20 heavy (non-hydrogen) atoms. The monoisotopic (exact) mass is 290 g/mol. The fourth-order valence-corrected chi connectivity index (χ4v) is 2.41. The van der Waals surface area contributed by atoms with Gasteiger partial charge in [-0.2, -0.15) is 0 Å². The van der Waals surface area contributed by atoms with Crippen molar-refractivity contribution in [2.45, 2.75) is 18.6 Å². The lowest BCUT2D eigenvalue weighted by atomic mass is 10.00. The Morgan fingerprint density at radius 3 is 1.90 bits per heavy atom. The molecule has 0 N–H and O–H groups in total. The minimum atomic E-state index is -0.0561. The smallest absolute Gasteiger partial charge is 0.121 e. The van der Waals surface area contributed by atoms with Crippen molar-refractivity contribution in [1.29, 1.82) is 0 Å². The highest BCUT2D eigenvalue weighted by Gasteiger charge is 2.29. The van der Waals surface area contributed by atoms with Gasteiger partial charge in [-0.1, -0.05) is 35.9 Å². The summed E-state index contributed by atoms with van der Waals surface area (Å²) in [6, 6.07) is 15.5. The Balaban J connectivity index is 1.71. The van der Waals surface area contributed by atoms with E-state index < -0.39 is 0 Å². The number of halogens is 1. The molecule has 0 radical (unpaired) electrons. The lowest BCUT2D eigenvalue weighted by Gasteiger charge is -2.08. The molecule has 1 aliphatic heterocycles. The van der Waals surface area contributed by atoms with Crippen LogP contribution in [0.1, 0.15) is 29.8 Å². The van der Waals surface area contributed by atoms with Crippen molar-refractivity contribution in [2.24, 2.45) is 0 Å². The van der Waals surface area contributed by atoms with E-state index in [0.29, 0.717) is 0 Å². The summed E-state index contributed by atoms with van der Waals surface area (Å²) >= 11 is 5.89. The zero-order valence-corrected chi connectivity index (χ0v) is 11.8. The Kier molecular flexibility index (Phi) is 3.92. The van der Waals surface area contributed by atoms with Crippen LogP contribution in [0.3, 0.4) is 0 Å². The largest absolute Gasteiger partial charge is 0.497 e. The summed E-state index contributed by atoms with van der Waals surface area (Å²) in [5.41, 5.74) is 2.16. The van der Waals surface area contributed by atoms with Crippen LogP contribution in [-0.2, 0) is 9.78 Å². The van der Waals surface area contributed by atoms with Gasteiger partial charge in [0, 0.05) is 11.4 Å². The van der Waals surface area contributed by atoms with E-state index in [4.69, 9.17) is 26.1 Å². The highest BCUT2D eigenvalue weighted by Crippen LogP contribution is 2.39. The van der Waals surface area contributed by atoms with E-state index in [-0.39, 0.29) is 12.2 Å². The van der Waals surface area contributed by atoms with Crippen LogP contribution in [-0.4, -0.2) is 7.11 Å². The van der Waals surface area contributed by atoms with Crippen molar-refractivity contribution in [3.05, 3.63) is 64.7 Å². The van der Waals surface area contributed by atoms with Crippen LogP contribution >= 0.6 is 11.6 Å². The Morgan fingerprint density at radius 1 is 0.900 bits per heavy atom. The first-order valence-electron chi connectivity index (χ1n) is 6.48. The third kappa shape index (κ3) is 2.80. The highest BCUT2D eigenvalue weighted by molar-refractivity contribution is 6.30. The molecule has 1 heterocycles. The maximum absolute atomic E-state index is 5.89. The molecule has 0 aliphatic carbocycles. The fourth-order valence-electron chi connectivity index (χ4n) is 2.29. The molecule has 3 rings (SSSR count). The summed E-state index contributed by atoms with van der Waals surface area (Å²) in [4.78, 5) is 10.9. The van der Waals surface area contributed by atoms with Crippen molar-refractivity contribution in [2.75, 3.05) is 7.11 Å². The maximum atomic E-state index is 5.89. The van der Waals surface area contributed by atoms with Crippen molar-refractivity contribution in [3.63, 3.8) is 0 Å². The third-order valence-electron chi connectivity index (χ3n) is 3.45. The molecule has 0 spiro atoms. The molecule has 104 valence electrons. The van der Waals surface area contributed by atoms with Crippen molar-refractivity contribution >= 4 is 11.6 Å². The van der Waals surface area contributed by atoms with E-state index in [1.807, 2.05) is 48.5 Å². The maximum Gasteiger partial charge on any atom is 0.121 e. The van der Waals surface area contributed by atoms with Gasteiger partial charge in [-0.25, -0.2) is 9.78 Å². The van der Waals surface area contributed by atoms with Crippen LogP contribution in [0.15, 0.2) is 48.5 Å². The molecule has 0 bridgehead atoms. The van der Waals surface area contributed by atoms with Crippen LogP contribution in [0.25, 0.3) is 0 Å². The average Bonchev–Trinajstić information content (AvgIpc) is 2.98. The number of rotatable bonds is 3. The van der Waals surface area contributed by atoms with E-state index in [9.17, 15) is 0 Å². The Morgan fingerprint density at radius 2 is 1.40 bits per heavy atom. The number of hydrogen-bond acceptors (Lipinski definition) is 3. The second-order valence-corrected chi connectivity index (χ2v) is 5.17. The van der Waals surface area contributed by atoms with Crippen molar-refractivity contribution in [1.82, 2.24) is 0 Å². The molecule has 2 atom stereocenters. The lowest BCUT2D eigenvalue weighted by Crippen LogP contribution is -1.96. The van der Waals surface area contributed by atoms with Gasteiger partial charge in [-0.15, -0.1) is 0 Å². The second kappa shape index (κ2) is 5.83. The molecule has 2 aromatic rings. The molecule has 4 heteroatoms. The number of methoxy groups -OCH3 is 1. The van der Waals surface area contributed by atoms with Gasteiger partial charge in [0.25, 0.3) is 0 Å². The quantitative estimate of drug-likeness (QED) is 0.780. The highest BCUT2D eigenvalue weighted by atomic mass is 35.5. The molecule has 3 nitrogen and oxygen atoms in total. The van der Waals surface area contributed by atoms with Gasteiger partial charge in [-0.05, 0) is 35.4 Å². The minimum Gasteiger partial charge on any atom is -0.497 e. The summed E-state index contributed by atoms with van der Waals surface area (Å²) in [6.45, 7) is 0. The Labute approximate surface area is 123 Å². The molecular weight excluding hydrogens is 276 g/mol. The number of hydrogen-bond donors (Lipinski definition) is 0. The van der Waals surface area contributed by atoms with Gasteiger partial charge < -0.3 is 4.74 Å². The van der Waals surface area contributed by atoms with E-state index in [1.54, 1.807) is 7.11 Å². The minimum absolute atomic E-state index is 0.0541. The summed E-state index contributed by atoms with van der Waals surface area (Å²) in [5.74, 6) is 0.835. The first-order chi connectivity index (χ1) is 9.76. The van der Waals surface area contributed by atoms with Crippen molar-refractivity contribution < 1.29 is 14.5 Å². The van der Waals surface area contributed by atoms with Crippen LogP contribution in [0.4, 0.5) is 0 Å². The summed E-state index contributed by atoms with van der Waals surface area (Å²) < 4.78 is 5.15. The SMILES string of the molecule is COc1ccc(C2CC(c3ccc(Cl)cc3)OO2)cc1. The summed E-state index contributed by atoms with van der Waals surface area (Å²) in [7, 11) is 1.65. The molecule has 0 aromatic heterocycles. The standard InChI is InChI=1S/C16H15ClO3/c1-18-14-8-4-12(5-9-14)16-10-15(19-20-16)11-2-6-13(17)7-3-11/h2-9,15-16H,10H2,1H3. The molecule has 0 saturated carbocycles. The zero-order chi connectivity index (χ0) is 13.9. The summed E-state index contributed by atoms with van der Waals surface area (Å²) in [5, 5.41) is 0.722. The third-order valence-corrected chi connectivity index (χ3v) is 3.70. The zero-order valence-electron chi connectivity index (χ0n) is 11.1. The van der Waals surface area contributed by atoms with Gasteiger partial charge >= 0.3 is 0 Å². The van der Waals surface area contributed by atoms with E-state index in [0.717, 1.165) is 28.3 Å². The molecule has 1 saturated heterocycles. The van der Waals surface area contributed by atoms with E-state index in [2.05, 4.69) is 0 Å². The summed E-state index contributed by atoms with van der Waals surface area (Å²) in [6.07, 6.45) is 0.675. The molecule has 1 fully saturated rings. The first-order valence-corrected chi connectivity index (χ1v) is 6.85. The molecular formula is C16H15ClO3. The number of ether oxygens (including phenoxy) is 1. The van der Waals surface area contributed by atoms with Crippen LogP contribution in [0, 0.1) is 0 Å². The Bertz CT molecular complexity index is 565. The lowest BCUT2D eigenvalue weighted by molar-refractivity contribution is -0.300. The average molecular weight is 291 g/mol. The predicted molar refractivity (Wildman–Crippen MR) is 76.7 cm³/mol. The predicted octanol–water partition coefficient (Wildman–Crippen LogP) is 4.48.